The fourth-order valence-corrected chi connectivity index (χ4v) is 1.29. The molecule has 100 valence electrons. The lowest BCUT2D eigenvalue weighted by atomic mass is 10.1. The molecule has 0 saturated heterocycles. The Kier molecular flexibility index (Phi) is 3.75. The molecule has 9 heteroatoms. The van der Waals surface area contributed by atoms with E-state index < -0.39 is 34.3 Å². The second kappa shape index (κ2) is 4.63. The second-order valence-electron chi connectivity index (χ2n) is 3.28. The smallest absolute Gasteiger partial charge is 0.376 e. The van der Waals surface area contributed by atoms with Crippen LogP contribution in [0.3, 0.4) is 0 Å². The maximum absolute atomic E-state index is 12.4. The standard InChI is InChI=1S/C9H6F6N2S/c10-8(11,12)4-1-5(9(13,14)15)3-6(2-4)17-7(16)18/h1-3H,(H3,16,17,18). The van der Waals surface area contributed by atoms with Crippen LogP contribution in [-0.2, 0) is 12.4 Å². The summed E-state index contributed by atoms with van der Waals surface area (Å²) in [6.45, 7) is 0. The van der Waals surface area contributed by atoms with Gasteiger partial charge in [-0.15, -0.1) is 0 Å². The summed E-state index contributed by atoms with van der Waals surface area (Å²) < 4.78 is 74.5. The molecule has 0 aromatic heterocycles. The van der Waals surface area contributed by atoms with Crippen LogP contribution in [0.25, 0.3) is 0 Å². The van der Waals surface area contributed by atoms with Crippen LogP contribution < -0.4 is 11.1 Å². The minimum absolute atomic E-state index is 0.0186. The summed E-state index contributed by atoms with van der Waals surface area (Å²) in [6.07, 6.45) is -9.79. The highest BCUT2D eigenvalue weighted by Gasteiger charge is 2.36. The molecular formula is C9H6F6N2S. The van der Waals surface area contributed by atoms with Crippen molar-refractivity contribution in [3.8, 4) is 0 Å². The molecule has 0 aliphatic carbocycles. The fourth-order valence-electron chi connectivity index (χ4n) is 1.17. The van der Waals surface area contributed by atoms with Gasteiger partial charge in [0.2, 0.25) is 0 Å². The molecule has 1 rings (SSSR count). The van der Waals surface area contributed by atoms with Gasteiger partial charge in [0.25, 0.3) is 0 Å². The topological polar surface area (TPSA) is 38.0 Å². The predicted octanol–water partition coefficient (Wildman–Crippen LogP) is 3.38. The van der Waals surface area contributed by atoms with Crippen molar-refractivity contribution >= 4 is 23.0 Å². The SMILES string of the molecule is NC(=S)Nc1cc(C(F)(F)F)cc(C(F)(F)F)c1. The van der Waals surface area contributed by atoms with Gasteiger partial charge >= 0.3 is 12.4 Å². The third-order valence-electron chi connectivity index (χ3n) is 1.86. The molecule has 0 saturated carbocycles. The van der Waals surface area contributed by atoms with Crippen LogP contribution in [0, 0.1) is 0 Å². The van der Waals surface area contributed by atoms with E-state index in [1.807, 2.05) is 5.32 Å². The molecule has 0 radical (unpaired) electrons. The van der Waals surface area contributed by atoms with Gasteiger partial charge in [0.15, 0.2) is 5.11 Å². The van der Waals surface area contributed by atoms with Crippen molar-refractivity contribution in [1.82, 2.24) is 0 Å². The van der Waals surface area contributed by atoms with Crippen LogP contribution in [0.1, 0.15) is 11.1 Å². The third kappa shape index (κ3) is 3.76. The normalized spacial score (nSPS) is 12.3. The number of nitrogens with one attached hydrogen (secondary N) is 1. The van der Waals surface area contributed by atoms with Gasteiger partial charge in [-0.1, -0.05) is 0 Å². The van der Waals surface area contributed by atoms with Crippen LogP contribution in [0.5, 0.6) is 0 Å². The van der Waals surface area contributed by atoms with Crippen molar-refractivity contribution in [3.05, 3.63) is 29.3 Å². The van der Waals surface area contributed by atoms with Gasteiger partial charge < -0.3 is 11.1 Å². The minimum Gasteiger partial charge on any atom is -0.376 e. The highest BCUT2D eigenvalue weighted by Crippen LogP contribution is 2.37. The van der Waals surface area contributed by atoms with Gasteiger partial charge in [-0.25, -0.2) is 0 Å². The van der Waals surface area contributed by atoms with Gasteiger partial charge in [0.05, 0.1) is 11.1 Å². The molecule has 1 aromatic carbocycles. The first-order valence-corrected chi connectivity index (χ1v) is 4.77. The number of rotatable bonds is 1. The first-order valence-electron chi connectivity index (χ1n) is 4.36. The van der Waals surface area contributed by atoms with Crippen molar-refractivity contribution in [2.24, 2.45) is 5.73 Å². The number of benzene rings is 1. The number of nitrogens with two attached hydrogens (primary N) is 1. The molecule has 0 bridgehead atoms. The van der Waals surface area contributed by atoms with Crippen LogP contribution in [0.4, 0.5) is 32.0 Å². The number of hydrogen-bond acceptors (Lipinski definition) is 1. The number of thiocarbonyl (C=S) groups is 1. The lowest BCUT2D eigenvalue weighted by molar-refractivity contribution is -0.143. The lowest BCUT2D eigenvalue weighted by Gasteiger charge is -2.14. The van der Waals surface area contributed by atoms with Crippen molar-refractivity contribution in [3.63, 3.8) is 0 Å². The summed E-state index contributed by atoms with van der Waals surface area (Å²) in [5.41, 5.74) is 1.66. The summed E-state index contributed by atoms with van der Waals surface area (Å²) in [6, 6.07) is 1.01. The van der Waals surface area contributed by atoms with E-state index in [-0.39, 0.29) is 6.07 Å². The van der Waals surface area contributed by atoms with Crippen molar-refractivity contribution < 1.29 is 26.3 Å². The quantitative estimate of drug-likeness (QED) is 0.614. The van der Waals surface area contributed by atoms with E-state index >= 15 is 0 Å². The largest absolute Gasteiger partial charge is 0.416 e. The predicted molar refractivity (Wildman–Crippen MR) is 56.9 cm³/mol. The Morgan fingerprint density at radius 2 is 1.33 bits per heavy atom. The van der Waals surface area contributed by atoms with Gasteiger partial charge in [0, 0.05) is 5.69 Å². The molecule has 0 aliphatic heterocycles. The molecule has 0 amide bonds. The molecule has 0 spiro atoms. The first-order chi connectivity index (χ1) is 8.00. The molecule has 0 atom stereocenters. The average Bonchev–Trinajstić information content (AvgIpc) is 2.13. The minimum atomic E-state index is -4.89. The fraction of sp³-hybridized carbons (Fsp3) is 0.222. The molecule has 0 fully saturated rings. The first kappa shape index (κ1) is 14.6. The third-order valence-corrected chi connectivity index (χ3v) is 1.96. The Labute approximate surface area is 103 Å². The highest BCUT2D eigenvalue weighted by molar-refractivity contribution is 7.80. The second-order valence-corrected chi connectivity index (χ2v) is 3.72. The number of alkyl halides is 6. The number of halogens is 6. The Bertz CT molecular complexity index is 433. The van der Waals surface area contributed by atoms with Gasteiger partial charge in [-0.05, 0) is 30.4 Å². The molecule has 0 aliphatic rings. The molecule has 0 unspecified atom stereocenters. The molecular weight excluding hydrogens is 282 g/mol. The van der Waals surface area contributed by atoms with E-state index in [1.54, 1.807) is 0 Å². The van der Waals surface area contributed by atoms with Crippen molar-refractivity contribution in [2.45, 2.75) is 12.4 Å². The van der Waals surface area contributed by atoms with Gasteiger partial charge in [0.1, 0.15) is 0 Å². The molecule has 18 heavy (non-hydrogen) atoms. The van der Waals surface area contributed by atoms with E-state index in [0.717, 1.165) is 0 Å². The Balaban J connectivity index is 3.34. The zero-order valence-electron chi connectivity index (χ0n) is 8.49. The number of anilines is 1. The molecule has 2 nitrogen and oxygen atoms in total. The van der Waals surface area contributed by atoms with Gasteiger partial charge in [-0.2, -0.15) is 26.3 Å². The van der Waals surface area contributed by atoms with Crippen molar-refractivity contribution in [1.29, 1.82) is 0 Å². The summed E-state index contributed by atoms with van der Waals surface area (Å²) in [5, 5.41) is 1.61. The molecule has 3 N–H and O–H groups in total. The Morgan fingerprint density at radius 1 is 0.944 bits per heavy atom. The Hall–Kier alpha value is -1.51. The summed E-state index contributed by atoms with van der Waals surface area (Å²) in [4.78, 5) is 0. The highest BCUT2D eigenvalue weighted by atomic mass is 32.1. The summed E-state index contributed by atoms with van der Waals surface area (Å²) in [5.74, 6) is 0. The number of hydrogen-bond donors (Lipinski definition) is 2. The molecule has 1 aromatic rings. The summed E-state index contributed by atoms with van der Waals surface area (Å²) in [7, 11) is 0. The van der Waals surface area contributed by atoms with Crippen LogP contribution >= 0.6 is 12.2 Å². The Morgan fingerprint density at radius 3 is 1.61 bits per heavy atom. The van der Waals surface area contributed by atoms with E-state index in [0.29, 0.717) is 12.1 Å². The zero-order valence-corrected chi connectivity index (χ0v) is 9.30. The maximum Gasteiger partial charge on any atom is 0.416 e. The summed E-state index contributed by atoms with van der Waals surface area (Å²) >= 11 is 4.36. The molecule has 0 heterocycles. The van der Waals surface area contributed by atoms with E-state index in [4.69, 9.17) is 5.73 Å². The maximum atomic E-state index is 12.4. The monoisotopic (exact) mass is 288 g/mol. The zero-order chi connectivity index (χ0) is 14.1. The van der Waals surface area contributed by atoms with Crippen molar-refractivity contribution in [2.75, 3.05) is 5.32 Å². The average molecular weight is 288 g/mol. The van der Waals surface area contributed by atoms with E-state index in [1.165, 1.54) is 0 Å². The van der Waals surface area contributed by atoms with Crippen LogP contribution in [-0.4, -0.2) is 5.11 Å². The van der Waals surface area contributed by atoms with E-state index in [2.05, 4.69) is 12.2 Å². The van der Waals surface area contributed by atoms with Crippen LogP contribution in [0.15, 0.2) is 18.2 Å². The lowest BCUT2D eigenvalue weighted by Crippen LogP contribution is -2.20. The van der Waals surface area contributed by atoms with E-state index in [9.17, 15) is 26.3 Å². The van der Waals surface area contributed by atoms with Gasteiger partial charge in [-0.3, -0.25) is 0 Å². The van der Waals surface area contributed by atoms with Crippen LogP contribution in [0.2, 0.25) is 0 Å².